The molecule has 0 spiro atoms. The average molecular weight is 550 g/mol. The molecule has 1 aliphatic heterocycles. The van der Waals surface area contributed by atoms with Gasteiger partial charge >= 0.3 is 18.2 Å². The van der Waals surface area contributed by atoms with Crippen molar-refractivity contribution < 1.29 is 44.8 Å². The predicted molar refractivity (Wildman–Crippen MR) is 120 cm³/mol. The van der Waals surface area contributed by atoms with Crippen LogP contribution in [0.25, 0.3) is 11.4 Å². The van der Waals surface area contributed by atoms with E-state index in [0.29, 0.717) is 0 Å². The summed E-state index contributed by atoms with van der Waals surface area (Å²) in [6.45, 7) is 0.0602. The third kappa shape index (κ3) is 6.40. The molecule has 1 saturated heterocycles. The number of carbonyl (C=O) groups is 1. The Labute approximate surface area is 207 Å². The van der Waals surface area contributed by atoms with Gasteiger partial charge in [-0.15, -0.1) is 0 Å². The smallest absolute Gasteiger partial charge is 0.339 e. The Balaban J connectivity index is 1.61. The standard InChI is InChI=1S/C22H20F6N4O4S/c23-21(24,25)15-3-1-2-13(10-15)17(19(33)32-6-8-37(34,35)9-7-32)11-16-5-4-14(12-29-16)18-30-20(36-31-18)22(26,27)28/h1-5,10,12,17,34-35H,6-9,11H2. The summed E-state index contributed by atoms with van der Waals surface area (Å²) in [7, 11) is -2.81. The second-order valence-corrected chi connectivity index (χ2v) is 10.8. The van der Waals surface area contributed by atoms with Gasteiger partial charge < -0.3 is 9.42 Å². The summed E-state index contributed by atoms with van der Waals surface area (Å²) in [5.74, 6) is -3.54. The van der Waals surface area contributed by atoms with Crippen LogP contribution in [0.2, 0.25) is 0 Å². The lowest BCUT2D eigenvalue weighted by molar-refractivity contribution is -0.159. The number of alkyl halides is 6. The van der Waals surface area contributed by atoms with Crippen LogP contribution >= 0.6 is 10.6 Å². The summed E-state index contributed by atoms with van der Waals surface area (Å²) in [6.07, 6.45) is -8.40. The first kappa shape index (κ1) is 26.9. The number of rotatable bonds is 5. The van der Waals surface area contributed by atoms with E-state index in [1.54, 1.807) is 0 Å². The molecule has 2 aromatic heterocycles. The van der Waals surface area contributed by atoms with Crippen LogP contribution in [0.1, 0.15) is 28.6 Å². The van der Waals surface area contributed by atoms with E-state index in [2.05, 4.69) is 19.6 Å². The van der Waals surface area contributed by atoms with E-state index in [-0.39, 0.29) is 53.7 Å². The van der Waals surface area contributed by atoms with Gasteiger partial charge in [0.15, 0.2) is 0 Å². The van der Waals surface area contributed by atoms with Crippen molar-refractivity contribution >= 4 is 16.5 Å². The van der Waals surface area contributed by atoms with Crippen LogP contribution in [0.4, 0.5) is 26.3 Å². The van der Waals surface area contributed by atoms with Crippen molar-refractivity contribution in [1.29, 1.82) is 0 Å². The quantitative estimate of drug-likeness (QED) is 0.426. The number of amides is 1. The van der Waals surface area contributed by atoms with Crippen LogP contribution in [-0.4, -0.2) is 59.6 Å². The molecule has 3 heterocycles. The highest BCUT2D eigenvalue weighted by Crippen LogP contribution is 2.41. The SMILES string of the molecule is O=C(C(Cc1ccc(-c2noc(C(F)(F)F)n2)cn1)c1cccc(C(F)(F)F)c1)N1CCS(O)(O)CC1. The summed E-state index contributed by atoms with van der Waals surface area (Å²) in [4.78, 5) is 22.2. The first-order chi connectivity index (χ1) is 17.2. The zero-order valence-corrected chi connectivity index (χ0v) is 19.6. The number of hydrogen-bond donors (Lipinski definition) is 2. The number of aromatic nitrogens is 3. The molecule has 1 atom stereocenters. The van der Waals surface area contributed by atoms with Crippen molar-refractivity contribution in [3.05, 3.63) is 65.3 Å². The van der Waals surface area contributed by atoms with Crippen LogP contribution < -0.4 is 0 Å². The van der Waals surface area contributed by atoms with Gasteiger partial charge in [-0.05, 0) is 23.8 Å². The van der Waals surface area contributed by atoms with Crippen molar-refractivity contribution in [3.8, 4) is 11.4 Å². The molecule has 1 aliphatic rings. The maximum atomic E-state index is 13.4. The van der Waals surface area contributed by atoms with E-state index in [0.717, 1.165) is 12.1 Å². The Kier molecular flexibility index (Phi) is 7.23. The number of pyridine rings is 1. The summed E-state index contributed by atoms with van der Waals surface area (Å²) in [5, 5.41) is 3.27. The lowest BCUT2D eigenvalue weighted by Crippen LogP contribution is -2.44. The van der Waals surface area contributed by atoms with Crippen LogP contribution in [0.15, 0.2) is 47.1 Å². The molecule has 1 unspecified atom stereocenters. The third-order valence-corrected chi connectivity index (χ3v) is 7.44. The van der Waals surface area contributed by atoms with Gasteiger partial charge in [0.25, 0.3) is 0 Å². The first-order valence-corrected chi connectivity index (χ1v) is 12.7. The molecule has 1 aromatic carbocycles. The number of benzene rings is 1. The molecule has 1 amide bonds. The number of carbonyl (C=O) groups excluding carboxylic acids is 1. The van der Waals surface area contributed by atoms with Gasteiger partial charge in [0.1, 0.15) is 0 Å². The molecule has 0 aliphatic carbocycles. The van der Waals surface area contributed by atoms with Gasteiger partial charge in [0, 0.05) is 37.0 Å². The molecular weight excluding hydrogens is 530 g/mol. The van der Waals surface area contributed by atoms with Crippen LogP contribution in [-0.2, 0) is 23.6 Å². The molecular formula is C22H20F6N4O4S. The molecule has 15 heteroatoms. The molecule has 3 aromatic rings. The Morgan fingerprint density at radius 1 is 1.05 bits per heavy atom. The molecule has 1 fully saturated rings. The van der Waals surface area contributed by atoms with Crippen molar-refractivity contribution in [3.63, 3.8) is 0 Å². The van der Waals surface area contributed by atoms with Crippen molar-refractivity contribution in [2.45, 2.75) is 24.7 Å². The van der Waals surface area contributed by atoms with Crippen LogP contribution in [0, 0.1) is 0 Å². The average Bonchev–Trinajstić information content (AvgIpc) is 3.33. The highest BCUT2D eigenvalue weighted by Gasteiger charge is 2.39. The van der Waals surface area contributed by atoms with E-state index in [9.17, 15) is 40.2 Å². The minimum Gasteiger partial charge on any atom is -0.339 e. The topological polar surface area (TPSA) is 113 Å². The maximum absolute atomic E-state index is 13.4. The monoisotopic (exact) mass is 550 g/mol. The zero-order chi connectivity index (χ0) is 27.0. The van der Waals surface area contributed by atoms with Crippen LogP contribution in [0.5, 0.6) is 0 Å². The Morgan fingerprint density at radius 2 is 1.76 bits per heavy atom. The predicted octanol–water partition coefficient (Wildman–Crippen LogP) is 5.09. The highest BCUT2D eigenvalue weighted by molar-refractivity contribution is 8.24. The third-order valence-electron chi connectivity index (χ3n) is 5.77. The minimum atomic E-state index is -4.82. The van der Waals surface area contributed by atoms with Gasteiger partial charge in [-0.25, -0.2) is 0 Å². The lowest BCUT2D eigenvalue weighted by Gasteiger charge is -2.42. The molecule has 2 N–H and O–H groups in total. The largest absolute Gasteiger partial charge is 0.471 e. The summed E-state index contributed by atoms with van der Waals surface area (Å²) in [6, 6.07) is 7.11. The van der Waals surface area contributed by atoms with Gasteiger partial charge in [0.05, 0.1) is 23.0 Å². The van der Waals surface area contributed by atoms with E-state index in [1.807, 2.05) is 0 Å². The second kappa shape index (κ2) is 9.95. The Bertz CT molecular complexity index is 1250. The zero-order valence-electron chi connectivity index (χ0n) is 18.8. The molecule has 4 rings (SSSR count). The number of nitrogens with zero attached hydrogens (tertiary/aromatic N) is 4. The van der Waals surface area contributed by atoms with Crippen LogP contribution in [0.3, 0.4) is 0 Å². The fraction of sp³-hybridized carbons (Fsp3) is 0.364. The summed E-state index contributed by atoms with van der Waals surface area (Å²) >= 11 is 0. The Hall–Kier alpha value is -3.17. The fourth-order valence-corrected chi connectivity index (χ4v) is 5.02. The summed E-state index contributed by atoms with van der Waals surface area (Å²) < 4.78 is 102. The van der Waals surface area contributed by atoms with Gasteiger partial charge in [-0.2, -0.15) is 41.9 Å². The fourth-order valence-electron chi connectivity index (χ4n) is 3.79. The van der Waals surface area contributed by atoms with Crippen molar-refractivity contribution in [1.82, 2.24) is 20.0 Å². The molecule has 200 valence electrons. The lowest BCUT2D eigenvalue weighted by atomic mass is 9.91. The van der Waals surface area contributed by atoms with Crippen molar-refractivity contribution in [2.24, 2.45) is 0 Å². The normalized spacial score (nSPS) is 17.9. The van der Waals surface area contributed by atoms with E-state index in [1.165, 1.54) is 35.4 Å². The molecule has 0 radical (unpaired) electrons. The van der Waals surface area contributed by atoms with Gasteiger partial charge in [-0.1, -0.05) is 23.4 Å². The minimum absolute atomic E-state index is 0.0301. The number of halogens is 6. The molecule has 8 nitrogen and oxygen atoms in total. The highest BCUT2D eigenvalue weighted by atomic mass is 32.3. The van der Waals surface area contributed by atoms with E-state index < -0.39 is 46.2 Å². The second-order valence-electron chi connectivity index (χ2n) is 8.37. The van der Waals surface area contributed by atoms with Crippen molar-refractivity contribution in [2.75, 3.05) is 24.6 Å². The first-order valence-electron chi connectivity index (χ1n) is 10.8. The summed E-state index contributed by atoms with van der Waals surface area (Å²) in [5.41, 5.74) is -0.459. The van der Waals surface area contributed by atoms with E-state index >= 15 is 0 Å². The van der Waals surface area contributed by atoms with Gasteiger partial charge in [-0.3, -0.25) is 18.9 Å². The molecule has 0 bridgehead atoms. The maximum Gasteiger partial charge on any atom is 0.471 e. The molecule has 0 saturated carbocycles. The molecule has 37 heavy (non-hydrogen) atoms. The Morgan fingerprint density at radius 3 is 2.32 bits per heavy atom. The number of hydrogen-bond acceptors (Lipinski definition) is 7. The van der Waals surface area contributed by atoms with Gasteiger partial charge in [0.2, 0.25) is 11.7 Å². The van der Waals surface area contributed by atoms with E-state index in [4.69, 9.17) is 0 Å².